The summed E-state index contributed by atoms with van der Waals surface area (Å²) in [7, 11) is 0. The third-order valence-electron chi connectivity index (χ3n) is 3.83. The highest BCUT2D eigenvalue weighted by Gasteiger charge is 2.45. The van der Waals surface area contributed by atoms with Crippen molar-refractivity contribution in [1.29, 1.82) is 0 Å². The van der Waals surface area contributed by atoms with Crippen LogP contribution in [0.15, 0.2) is 24.3 Å². The lowest BCUT2D eigenvalue weighted by Crippen LogP contribution is -2.41. The molecule has 3 N–H and O–H groups in total. The number of rotatable bonds is 3. The molecule has 1 aliphatic heterocycles. The second kappa shape index (κ2) is 4.45. The predicted molar refractivity (Wildman–Crippen MR) is 63.9 cm³/mol. The first kappa shape index (κ1) is 12.0. The number of amides is 1. The Labute approximate surface area is 100 Å². The Morgan fingerprint density at radius 3 is 3.00 bits per heavy atom. The van der Waals surface area contributed by atoms with Gasteiger partial charge in [0, 0.05) is 18.5 Å². The van der Waals surface area contributed by atoms with Gasteiger partial charge in [-0.1, -0.05) is 19.1 Å². The summed E-state index contributed by atoms with van der Waals surface area (Å²) in [6.45, 7) is 3.24. The fraction of sp³-hybridized carbons (Fsp3) is 0.462. The molecule has 0 aromatic heterocycles. The topological polar surface area (TPSA) is 55.1 Å². The van der Waals surface area contributed by atoms with Crippen molar-refractivity contribution < 1.29 is 9.18 Å². The van der Waals surface area contributed by atoms with Gasteiger partial charge < -0.3 is 11.1 Å². The monoisotopic (exact) mass is 236 g/mol. The van der Waals surface area contributed by atoms with Gasteiger partial charge in [-0.3, -0.25) is 4.79 Å². The molecule has 1 fully saturated rings. The number of hydrogen-bond donors (Lipinski definition) is 2. The molecule has 92 valence electrons. The molecule has 1 aromatic carbocycles. The van der Waals surface area contributed by atoms with Crippen molar-refractivity contribution in [3.63, 3.8) is 0 Å². The maximum atomic E-state index is 13.3. The molecule has 17 heavy (non-hydrogen) atoms. The van der Waals surface area contributed by atoms with E-state index in [1.807, 2.05) is 13.0 Å². The molecule has 1 amide bonds. The summed E-state index contributed by atoms with van der Waals surface area (Å²) in [5.41, 5.74) is 5.94. The van der Waals surface area contributed by atoms with E-state index in [9.17, 15) is 9.18 Å². The van der Waals surface area contributed by atoms with Crippen LogP contribution in [0.3, 0.4) is 0 Å². The van der Waals surface area contributed by atoms with Crippen LogP contribution >= 0.6 is 0 Å². The molecule has 4 heteroatoms. The first-order valence-corrected chi connectivity index (χ1v) is 5.86. The number of halogens is 1. The van der Waals surface area contributed by atoms with Gasteiger partial charge in [0.1, 0.15) is 5.82 Å². The summed E-state index contributed by atoms with van der Waals surface area (Å²) in [4.78, 5) is 11.5. The molecule has 0 saturated carbocycles. The molecular weight excluding hydrogens is 219 g/mol. The Hall–Kier alpha value is -1.42. The first-order chi connectivity index (χ1) is 8.10. The number of carbonyl (C=O) groups is 1. The van der Waals surface area contributed by atoms with E-state index in [1.165, 1.54) is 12.1 Å². The normalized spacial score (nSPS) is 28.2. The summed E-state index contributed by atoms with van der Waals surface area (Å²) in [5.74, 6) is -0.860. The Morgan fingerprint density at radius 2 is 2.41 bits per heavy atom. The zero-order valence-electron chi connectivity index (χ0n) is 9.87. The fourth-order valence-electron chi connectivity index (χ4n) is 2.81. The van der Waals surface area contributed by atoms with E-state index in [0.717, 1.165) is 12.0 Å². The number of carbonyl (C=O) groups excluding carboxylic acids is 1. The highest BCUT2D eigenvalue weighted by atomic mass is 19.1. The molecule has 0 radical (unpaired) electrons. The van der Waals surface area contributed by atoms with Crippen molar-refractivity contribution in [2.45, 2.75) is 18.8 Å². The van der Waals surface area contributed by atoms with Crippen LogP contribution in [0, 0.1) is 11.7 Å². The van der Waals surface area contributed by atoms with E-state index in [2.05, 4.69) is 5.32 Å². The van der Waals surface area contributed by atoms with Crippen molar-refractivity contribution in [3.8, 4) is 0 Å². The Balaban J connectivity index is 2.46. The van der Waals surface area contributed by atoms with Crippen molar-refractivity contribution >= 4 is 5.91 Å². The lowest BCUT2D eigenvalue weighted by atomic mass is 9.70. The van der Waals surface area contributed by atoms with Gasteiger partial charge in [0.05, 0.1) is 5.92 Å². The van der Waals surface area contributed by atoms with E-state index in [0.29, 0.717) is 13.1 Å². The third-order valence-corrected chi connectivity index (χ3v) is 3.83. The number of primary amides is 1. The smallest absolute Gasteiger partial charge is 0.222 e. The van der Waals surface area contributed by atoms with Gasteiger partial charge in [-0.15, -0.1) is 0 Å². The summed E-state index contributed by atoms with van der Waals surface area (Å²) < 4.78 is 13.3. The number of nitrogens with one attached hydrogen (secondary N) is 1. The molecule has 2 unspecified atom stereocenters. The van der Waals surface area contributed by atoms with E-state index in [-0.39, 0.29) is 23.1 Å². The van der Waals surface area contributed by atoms with Gasteiger partial charge in [0.2, 0.25) is 5.91 Å². The summed E-state index contributed by atoms with van der Waals surface area (Å²) in [6.07, 6.45) is 0.761. The lowest BCUT2D eigenvalue weighted by Gasteiger charge is -2.32. The molecule has 1 aliphatic rings. The van der Waals surface area contributed by atoms with E-state index < -0.39 is 0 Å². The van der Waals surface area contributed by atoms with Gasteiger partial charge in [-0.2, -0.15) is 0 Å². The number of nitrogens with two attached hydrogens (primary N) is 1. The maximum absolute atomic E-state index is 13.3. The van der Waals surface area contributed by atoms with E-state index in [1.54, 1.807) is 6.07 Å². The minimum absolute atomic E-state index is 0.269. The molecule has 0 aliphatic carbocycles. The molecule has 1 heterocycles. The van der Waals surface area contributed by atoms with Gasteiger partial charge >= 0.3 is 0 Å². The van der Waals surface area contributed by atoms with Crippen molar-refractivity contribution in [1.82, 2.24) is 5.32 Å². The average Bonchev–Trinajstić information content (AvgIpc) is 2.74. The van der Waals surface area contributed by atoms with Gasteiger partial charge in [-0.05, 0) is 24.1 Å². The zero-order chi connectivity index (χ0) is 12.5. The van der Waals surface area contributed by atoms with Crippen LogP contribution in [0.5, 0.6) is 0 Å². The lowest BCUT2D eigenvalue weighted by molar-refractivity contribution is -0.122. The van der Waals surface area contributed by atoms with Crippen molar-refractivity contribution in [2.24, 2.45) is 11.7 Å². The van der Waals surface area contributed by atoms with Crippen LogP contribution in [0.2, 0.25) is 0 Å². The van der Waals surface area contributed by atoms with Crippen LogP contribution in [-0.4, -0.2) is 19.0 Å². The standard InChI is InChI=1S/C13H17FN2O/c1-2-13(8-16-7-11(13)12(15)17)9-4-3-5-10(14)6-9/h3-6,11,16H,2,7-8H2,1H3,(H2,15,17). The molecule has 2 rings (SSSR count). The number of benzene rings is 1. The molecule has 1 aromatic rings. The van der Waals surface area contributed by atoms with Crippen LogP contribution in [-0.2, 0) is 10.2 Å². The highest BCUT2D eigenvalue weighted by molar-refractivity contribution is 5.79. The zero-order valence-corrected chi connectivity index (χ0v) is 9.87. The molecule has 3 nitrogen and oxygen atoms in total. The SMILES string of the molecule is CCC1(c2cccc(F)c2)CNCC1C(N)=O. The fourth-order valence-corrected chi connectivity index (χ4v) is 2.81. The predicted octanol–water partition coefficient (Wildman–Crippen LogP) is 1.18. The number of hydrogen-bond acceptors (Lipinski definition) is 2. The summed E-state index contributed by atoms with van der Waals surface area (Å²) in [6, 6.07) is 6.47. The second-order valence-corrected chi connectivity index (χ2v) is 4.61. The molecule has 1 saturated heterocycles. The van der Waals surface area contributed by atoms with E-state index in [4.69, 9.17) is 5.73 Å². The summed E-state index contributed by atoms with van der Waals surface area (Å²) in [5, 5.41) is 3.19. The first-order valence-electron chi connectivity index (χ1n) is 5.86. The molecular formula is C13H17FN2O. The second-order valence-electron chi connectivity index (χ2n) is 4.61. The van der Waals surface area contributed by atoms with Crippen LogP contribution in [0.4, 0.5) is 4.39 Å². The van der Waals surface area contributed by atoms with Crippen LogP contribution in [0.25, 0.3) is 0 Å². The minimum Gasteiger partial charge on any atom is -0.369 e. The third kappa shape index (κ3) is 1.93. The van der Waals surface area contributed by atoms with Crippen molar-refractivity contribution in [2.75, 3.05) is 13.1 Å². The van der Waals surface area contributed by atoms with Crippen molar-refractivity contribution in [3.05, 3.63) is 35.6 Å². The summed E-state index contributed by atoms with van der Waals surface area (Å²) >= 11 is 0. The van der Waals surface area contributed by atoms with Gasteiger partial charge in [0.15, 0.2) is 0 Å². The molecule has 0 spiro atoms. The maximum Gasteiger partial charge on any atom is 0.222 e. The Kier molecular flexibility index (Phi) is 3.15. The average molecular weight is 236 g/mol. The van der Waals surface area contributed by atoms with Crippen LogP contribution in [0.1, 0.15) is 18.9 Å². The Bertz CT molecular complexity index is 435. The van der Waals surface area contributed by atoms with Gasteiger partial charge in [0.25, 0.3) is 0 Å². The van der Waals surface area contributed by atoms with Gasteiger partial charge in [-0.25, -0.2) is 4.39 Å². The minimum atomic E-state index is -0.367. The quantitative estimate of drug-likeness (QED) is 0.828. The molecule has 0 bridgehead atoms. The highest BCUT2D eigenvalue weighted by Crippen LogP contribution is 2.38. The molecule has 2 atom stereocenters. The largest absolute Gasteiger partial charge is 0.369 e. The van der Waals surface area contributed by atoms with Crippen LogP contribution < -0.4 is 11.1 Å². The Morgan fingerprint density at radius 1 is 1.65 bits per heavy atom. The van der Waals surface area contributed by atoms with E-state index >= 15 is 0 Å².